The molecule has 1 heteroatoms. The zero-order valence-corrected chi connectivity index (χ0v) is 9.41. The van der Waals surface area contributed by atoms with Gasteiger partial charge in [-0.25, -0.2) is 0 Å². The van der Waals surface area contributed by atoms with Crippen LogP contribution in [0.5, 0.6) is 0 Å². The molecule has 0 N–H and O–H groups in total. The Hall–Kier alpha value is 0.00961. The molecule has 0 aliphatic rings. The summed E-state index contributed by atoms with van der Waals surface area (Å²) in [5, 5.41) is 0. The van der Waals surface area contributed by atoms with Crippen molar-refractivity contribution >= 4 is 20.9 Å². The van der Waals surface area contributed by atoms with Crippen LogP contribution >= 0.6 is 0 Å². The van der Waals surface area contributed by atoms with Gasteiger partial charge in [0.25, 0.3) is 0 Å². The average Bonchev–Trinajstić information content (AvgIpc) is 2.03. The first-order valence-electron chi connectivity index (χ1n) is 3.94. The van der Waals surface area contributed by atoms with Crippen molar-refractivity contribution in [3.8, 4) is 0 Å². The summed E-state index contributed by atoms with van der Waals surface area (Å²) >= 11 is 0.221. The van der Waals surface area contributed by atoms with Crippen LogP contribution in [-0.4, -0.2) is 20.9 Å². The molecule has 0 saturated carbocycles. The van der Waals surface area contributed by atoms with E-state index in [-0.39, 0.29) is 20.9 Å². The summed E-state index contributed by atoms with van der Waals surface area (Å²) in [5.41, 5.74) is 1.52. The van der Waals surface area contributed by atoms with Crippen molar-refractivity contribution in [1.29, 1.82) is 0 Å². The van der Waals surface area contributed by atoms with E-state index < -0.39 is 0 Å². The average molecular weight is 262 g/mol. The third kappa shape index (κ3) is 3.79. The Bertz CT molecular complexity index is 191. The van der Waals surface area contributed by atoms with Crippen LogP contribution in [0.3, 0.4) is 0 Å². The minimum absolute atomic E-state index is 0.221. The van der Waals surface area contributed by atoms with E-state index in [0.29, 0.717) is 0 Å². The van der Waals surface area contributed by atoms with Crippen LogP contribution < -0.4 is 0 Å². The first kappa shape index (κ1) is 9.10. The molecule has 0 spiro atoms. The normalized spacial score (nSPS) is 10.5. The van der Waals surface area contributed by atoms with Crippen molar-refractivity contribution < 1.29 is 0 Å². The molecule has 0 bridgehead atoms. The third-order valence-corrected chi connectivity index (χ3v) is 4.76. The summed E-state index contributed by atoms with van der Waals surface area (Å²) in [7, 11) is 0. The van der Waals surface area contributed by atoms with Crippen LogP contribution in [0.1, 0.15) is 19.4 Å². The molecule has 0 unspecified atom stereocenters. The molecule has 0 amide bonds. The maximum atomic E-state index is 2.32. The molecule has 0 aliphatic heterocycles. The van der Waals surface area contributed by atoms with Gasteiger partial charge in [-0.3, -0.25) is 0 Å². The van der Waals surface area contributed by atoms with Gasteiger partial charge in [-0.1, -0.05) is 0 Å². The Morgan fingerprint density at radius 2 is 1.82 bits per heavy atom. The molecule has 0 radical (unpaired) electrons. The summed E-state index contributed by atoms with van der Waals surface area (Å²) in [6.07, 6.45) is 0. The third-order valence-electron chi connectivity index (χ3n) is 1.43. The van der Waals surface area contributed by atoms with Crippen LogP contribution in [-0.2, 0) is 4.47 Å². The van der Waals surface area contributed by atoms with Gasteiger partial charge < -0.3 is 0 Å². The Labute approximate surface area is 79.1 Å². The van der Waals surface area contributed by atoms with Crippen LogP contribution in [0, 0.1) is 0 Å². The fourth-order valence-electron chi connectivity index (χ4n) is 0.837. The molecule has 0 atom stereocenters. The molecule has 0 nitrogen and oxygen atoms in total. The molecule has 0 aliphatic carbocycles. The molecule has 1 rings (SSSR count). The number of rotatable bonds is 3. The van der Waals surface area contributed by atoms with Gasteiger partial charge in [0.15, 0.2) is 0 Å². The summed E-state index contributed by atoms with van der Waals surface area (Å²) < 4.78 is 2.30. The molecule has 0 fully saturated rings. The van der Waals surface area contributed by atoms with Crippen molar-refractivity contribution in [2.75, 3.05) is 0 Å². The molecular formula is C10H14Te. The predicted octanol–water partition coefficient (Wildman–Crippen LogP) is 2.72. The second-order valence-electron chi connectivity index (χ2n) is 2.85. The van der Waals surface area contributed by atoms with E-state index in [0.717, 1.165) is 3.97 Å². The molecule has 60 valence electrons. The number of hydrogen-bond acceptors (Lipinski definition) is 0. The molecule has 11 heavy (non-hydrogen) atoms. The molecular weight excluding hydrogens is 248 g/mol. The standard InChI is InChI=1S/C10H14Te/c1-9(2)11-8-10-6-4-3-5-7-10/h3-7,9H,8H2,1-2H3. The Morgan fingerprint density at radius 1 is 1.18 bits per heavy atom. The summed E-state index contributed by atoms with van der Waals surface area (Å²) in [5.74, 6) is 0. The Kier molecular flexibility index (Phi) is 3.97. The van der Waals surface area contributed by atoms with Gasteiger partial charge in [-0.15, -0.1) is 0 Å². The van der Waals surface area contributed by atoms with E-state index in [1.807, 2.05) is 0 Å². The van der Waals surface area contributed by atoms with Crippen molar-refractivity contribution in [2.45, 2.75) is 22.3 Å². The van der Waals surface area contributed by atoms with E-state index in [9.17, 15) is 0 Å². The van der Waals surface area contributed by atoms with Crippen LogP contribution in [0.2, 0.25) is 3.97 Å². The van der Waals surface area contributed by atoms with Crippen LogP contribution in [0.25, 0.3) is 0 Å². The van der Waals surface area contributed by atoms with Crippen LogP contribution in [0.15, 0.2) is 30.3 Å². The SMILES string of the molecule is CC(C)[Te]Cc1ccccc1. The zero-order valence-electron chi connectivity index (χ0n) is 7.08. The first-order valence-corrected chi connectivity index (χ1v) is 6.94. The van der Waals surface area contributed by atoms with E-state index in [1.165, 1.54) is 10.0 Å². The van der Waals surface area contributed by atoms with Crippen molar-refractivity contribution in [3.05, 3.63) is 35.9 Å². The maximum absolute atomic E-state index is 2.32. The second-order valence-corrected chi connectivity index (χ2v) is 7.31. The minimum atomic E-state index is 0.221. The van der Waals surface area contributed by atoms with Gasteiger partial charge >= 0.3 is 79.1 Å². The number of hydrogen-bond donors (Lipinski definition) is 0. The van der Waals surface area contributed by atoms with Gasteiger partial charge in [0.05, 0.1) is 0 Å². The monoisotopic (exact) mass is 264 g/mol. The van der Waals surface area contributed by atoms with E-state index >= 15 is 0 Å². The van der Waals surface area contributed by atoms with Crippen molar-refractivity contribution in [3.63, 3.8) is 0 Å². The van der Waals surface area contributed by atoms with E-state index in [2.05, 4.69) is 44.2 Å². The zero-order chi connectivity index (χ0) is 8.10. The van der Waals surface area contributed by atoms with Gasteiger partial charge in [-0.05, 0) is 0 Å². The molecule has 1 aromatic carbocycles. The fourth-order valence-corrected chi connectivity index (χ4v) is 2.89. The topological polar surface area (TPSA) is 0 Å². The quantitative estimate of drug-likeness (QED) is 0.734. The van der Waals surface area contributed by atoms with E-state index in [4.69, 9.17) is 0 Å². The van der Waals surface area contributed by atoms with Gasteiger partial charge in [-0.2, -0.15) is 0 Å². The van der Waals surface area contributed by atoms with Gasteiger partial charge in [0.2, 0.25) is 0 Å². The molecule has 0 saturated heterocycles. The molecule has 0 heterocycles. The number of benzene rings is 1. The Morgan fingerprint density at radius 3 is 2.36 bits per heavy atom. The van der Waals surface area contributed by atoms with Gasteiger partial charge in [0.1, 0.15) is 0 Å². The van der Waals surface area contributed by atoms with Gasteiger partial charge in [0, 0.05) is 0 Å². The Balaban J connectivity index is 2.39. The van der Waals surface area contributed by atoms with Crippen molar-refractivity contribution in [1.82, 2.24) is 0 Å². The first-order chi connectivity index (χ1) is 5.29. The summed E-state index contributed by atoms with van der Waals surface area (Å²) in [4.78, 5) is 0. The second kappa shape index (κ2) is 4.80. The molecule has 0 aromatic heterocycles. The fraction of sp³-hybridized carbons (Fsp3) is 0.400. The van der Waals surface area contributed by atoms with E-state index in [1.54, 1.807) is 0 Å². The summed E-state index contributed by atoms with van der Waals surface area (Å²) in [6.45, 7) is 4.65. The van der Waals surface area contributed by atoms with Crippen molar-refractivity contribution in [2.24, 2.45) is 0 Å². The predicted molar refractivity (Wildman–Crippen MR) is 51.0 cm³/mol. The molecule has 1 aromatic rings. The van der Waals surface area contributed by atoms with Crippen LogP contribution in [0.4, 0.5) is 0 Å². The summed E-state index contributed by atoms with van der Waals surface area (Å²) in [6, 6.07) is 10.8.